The number of phenols is 1. The van der Waals surface area contributed by atoms with Crippen LogP contribution in [0.4, 0.5) is 0 Å². The number of Topliss-reactive ketones (excluding diaryl/α,β-unsaturated/α-hetero) is 1. The number of hydrogen-bond acceptors (Lipinski definition) is 3. The van der Waals surface area contributed by atoms with Crippen molar-refractivity contribution in [1.82, 2.24) is 5.32 Å². The number of halogens is 1. The summed E-state index contributed by atoms with van der Waals surface area (Å²) in [6, 6.07) is 1.80. The minimum Gasteiger partial charge on any atom is -0.506 e. The third kappa shape index (κ3) is 2.31. The summed E-state index contributed by atoms with van der Waals surface area (Å²) in [6.45, 7) is 0.211. The van der Waals surface area contributed by atoms with Crippen molar-refractivity contribution in [3.63, 3.8) is 0 Å². The Balaban J connectivity index is 2.47. The van der Waals surface area contributed by atoms with Gasteiger partial charge >= 0.3 is 0 Å². The van der Waals surface area contributed by atoms with Gasteiger partial charge in [-0.15, -0.1) is 0 Å². The number of fused-ring (bicyclic) bond motifs is 1. The Morgan fingerprint density at radius 3 is 2.88 bits per heavy atom. The van der Waals surface area contributed by atoms with E-state index in [9.17, 15) is 9.90 Å². The maximum absolute atomic E-state index is 11.8. The van der Waals surface area contributed by atoms with Gasteiger partial charge in [0.05, 0.1) is 17.1 Å². The van der Waals surface area contributed by atoms with Crippen LogP contribution in [0.3, 0.4) is 0 Å². The minimum absolute atomic E-state index is 0.0624. The molecule has 0 saturated carbocycles. The van der Waals surface area contributed by atoms with Crippen LogP contribution >= 0.6 is 11.6 Å². The molecule has 0 saturated heterocycles. The highest BCUT2D eigenvalue weighted by atomic mass is 35.5. The second-order valence-electron chi connectivity index (χ2n) is 4.39. The van der Waals surface area contributed by atoms with Gasteiger partial charge in [0, 0.05) is 0 Å². The van der Waals surface area contributed by atoms with Crippen molar-refractivity contribution >= 4 is 17.4 Å². The van der Waals surface area contributed by atoms with Crippen molar-refractivity contribution in [2.45, 2.75) is 25.7 Å². The number of aromatic hydroxyl groups is 1. The molecule has 0 aliphatic heterocycles. The largest absolute Gasteiger partial charge is 0.506 e. The first kappa shape index (κ1) is 12.4. The van der Waals surface area contributed by atoms with Crippen molar-refractivity contribution < 1.29 is 9.90 Å². The molecule has 1 aliphatic carbocycles. The van der Waals surface area contributed by atoms with E-state index >= 15 is 0 Å². The summed E-state index contributed by atoms with van der Waals surface area (Å²) in [5.41, 5.74) is 2.46. The zero-order valence-corrected chi connectivity index (χ0v) is 10.6. The molecule has 1 aromatic rings. The SMILES string of the molecule is CNCC(=O)c1cc2c(c(Cl)c1O)CCCC2. The fourth-order valence-corrected chi connectivity index (χ4v) is 2.63. The number of phenolic OH excluding ortho intramolecular Hbond substituents is 1. The molecular weight excluding hydrogens is 238 g/mol. The van der Waals surface area contributed by atoms with Crippen LogP contribution in [0, 0.1) is 0 Å². The third-order valence-corrected chi connectivity index (χ3v) is 3.60. The Bertz CT molecular complexity index is 457. The molecule has 2 rings (SSSR count). The van der Waals surface area contributed by atoms with Gasteiger partial charge in [0.15, 0.2) is 5.78 Å². The fourth-order valence-electron chi connectivity index (χ4n) is 2.31. The van der Waals surface area contributed by atoms with Gasteiger partial charge < -0.3 is 10.4 Å². The molecule has 2 N–H and O–H groups in total. The van der Waals surface area contributed by atoms with Gasteiger partial charge in [0.1, 0.15) is 5.75 Å². The van der Waals surface area contributed by atoms with Crippen LogP contribution in [0.15, 0.2) is 6.07 Å². The topological polar surface area (TPSA) is 49.3 Å². The molecule has 0 radical (unpaired) electrons. The summed E-state index contributed by atoms with van der Waals surface area (Å²) in [4.78, 5) is 11.8. The van der Waals surface area contributed by atoms with E-state index in [0.29, 0.717) is 10.6 Å². The molecular formula is C13H16ClNO2. The van der Waals surface area contributed by atoms with Crippen LogP contribution in [0.5, 0.6) is 5.75 Å². The van der Waals surface area contributed by atoms with Crippen LogP contribution in [-0.2, 0) is 12.8 Å². The van der Waals surface area contributed by atoms with Crippen molar-refractivity contribution in [2.75, 3.05) is 13.6 Å². The molecule has 0 heterocycles. The molecule has 0 spiro atoms. The number of carbonyl (C=O) groups is 1. The average molecular weight is 254 g/mol. The van der Waals surface area contributed by atoms with Gasteiger partial charge in [0.2, 0.25) is 0 Å². The summed E-state index contributed by atoms with van der Waals surface area (Å²) in [5.74, 6) is -0.187. The fraction of sp³-hybridized carbons (Fsp3) is 0.462. The first-order valence-corrected chi connectivity index (χ1v) is 6.24. The summed E-state index contributed by atoms with van der Waals surface area (Å²) in [7, 11) is 1.70. The number of likely N-dealkylation sites (N-methyl/N-ethyl adjacent to an activating group) is 1. The maximum atomic E-state index is 11.8. The Labute approximate surface area is 106 Å². The summed E-state index contributed by atoms with van der Waals surface area (Å²) >= 11 is 6.14. The Morgan fingerprint density at radius 1 is 1.47 bits per heavy atom. The Morgan fingerprint density at radius 2 is 2.18 bits per heavy atom. The lowest BCUT2D eigenvalue weighted by atomic mass is 9.89. The van der Waals surface area contributed by atoms with E-state index < -0.39 is 0 Å². The second kappa shape index (κ2) is 5.07. The van der Waals surface area contributed by atoms with E-state index in [-0.39, 0.29) is 18.1 Å². The monoisotopic (exact) mass is 253 g/mol. The summed E-state index contributed by atoms with van der Waals surface area (Å²) in [5, 5.41) is 13.1. The lowest BCUT2D eigenvalue weighted by Crippen LogP contribution is -2.19. The Hall–Kier alpha value is -1.06. The number of rotatable bonds is 3. The van der Waals surface area contributed by atoms with Crippen LogP contribution in [-0.4, -0.2) is 24.5 Å². The average Bonchev–Trinajstić information content (AvgIpc) is 2.34. The second-order valence-corrected chi connectivity index (χ2v) is 4.76. The molecule has 0 fully saturated rings. The van der Waals surface area contributed by atoms with Crippen molar-refractivity contribution in [3.8, 4) is 5.75 Å². The predicted octanol–water partition coefficient (Wildman–Crippen LogP) is 2.33. The first-order valence-electron chi connectivity index (χ1n) is 5.86. The smallest absolute Gasteiger partial charge is 0.180 e. The highest BCUT2D eigenvalue weighted by molar-refractivity contribution is 6.33. The number of aryl methyl sites for hydroxylation is 1. The Kier molecular flexibility index (Phi) is 3.69. The van der Waals surface area contributed by atoms with Gasteiger partial charge in [-0.2, -0.15) is 0 Å². The summed E-state index contributed by atoms with van der Waals surface area (Å²) in [6.07, 6.45) is 4.04. The van der Waals surface area contributed by atoms with E-state index in [1.807, 2.05) is 0 Å². The molecule has 0 bridgehead atoms. The molecule has 4 heteroatoms. The van der Waals surface area contributed by atoms with Crippen LogP contribution in [0.2, 0.25) is 5.02 Å². The van der Waals surface area contributed by atoms with Crippen molar-refractivity contribution in [3.05, 3.63) is 27.8 Å². The molecule has 0 aromatic heterocycles. The molecule has 0 unspecified atom stereocenters. The summed E-state index contributed by atoms with van der Waals surface area (Å²) < 4.78 is 0. The lowest BCUT2D eigenvalue weighted by Gasteiger charge is -2.19. The van der Waals surface area contributed by atoms with Gasteiger partial charge in [0.25, 0.3) is 0 Å². The number of benzene rings is 1. The minimum atomic E-state index is -0.125. The molecule has 0 atom stereocenters. The zero-order chi connectivity index (χ0) is 12.4. The predicted molar refractivity (Wildman–Crippen MR) is 68.0 cm³/mol. The van der Waals surface area contributed by atoms with Gasteiger partial charge in [-0.1, -0.05) is 11.6 Å². The first-order chi connectivity index (χ1) is 8.15. The van der Waals surface area contributed by atoms with Gasteiger partial charge in [-0.25, -0.2) is 0 Å². The van der Waals surface area contributed by atoms with Crippen molar-refractivity contribution in [1.29, 1.82) is 0 Å². The van der Waals surface area contributed by atoms with E-state index in [1.54, 1.807) is 13.1 Å². The van der Waals surface area contributed by atoms with E-state index in [0.717, 1.165) is 36.8 Å². The molecule has 0 amide bonds. The molecule has 17 heavy (non-hydrogen) atoms. The molecule has 3 nitrogen and oxygen atoms in total. The lowest BCUT2D eigenvalue weighted by molar-refractivity contribution is 0.0991. The van der Waals surface area contributed by atoms with Crippen LogP contribution in [0.25, 0.3) is 0 Å². The number of ketones is 1. The maximum Gasteiger partial charge on any atom is 0.180 e. The van der Waals surface area contributed by atoms with Crippen LogP contribution in [0.1, 0.15) is 34.3 Å². The number of carbonyl (C=O) groups excluding carboxylic acids is 1. The quantitative estimate of drug-likeness (QED) is 0.813. The van der Waals surface area contributed by atoms with E-state index in [4.69, 9.17) is 11.6 Å². The molecule has 92 valence electrons. The highest BCUT2D eigenvalue weighted by Gasteiger charge is 2.21. The highest BCUT2D eigenvalue weighted by Crippen LogP contribution is 2.37. The number of nitrogens with one attached hydrogen (secondary N) is 1. The molecule has 1 aliphatic rings. The standard InChI is InChI=1S/C13H16ClNO2/c1-15-7-11(16)10-6-8-4-2-3-5-9(8)12(14)13(10)17/h6,15,17H,2-5,7H2,1H3. The van der Waals surface area contributed by atoms with Crippen LogP contribution < -0.4 is 5.32 Å². The number of hydrogen-bond donors (Lipinski definition) is 2. The third-order valence-electron chi connectivity index (χ3n) is 3.19. The molecule has 1 aromatic carbocycles. The van der Waals surface area contributed by atoms with E-state index in [1.165, 1.54) is 0 Å². The van der Waals surface area contributed by atoms with E-state index in [2.05, 4.69) is 5.32 Å². The normalized spacial score (nSPS) is 14.5. The zero-order valence-electron chi connectivity index (χ0n) is 9.85. The van der Waals surface area contributed by atoms with Crippen molar-refractivity contribution in [2.24, 2.45) is 0 Å². The van der Waals surface area contributed by atoms with Gasteiger partial charge in [-0.05, 0) is 49.9 Å². The van der Waals surface area contributed by atoms with Gasteiger partial charge in [-0.3, -0.25) is 4.79 Å².